The third-order valence-corrected chi connectivity index (χ3v) is 3.71. The van der Waals surface area contributed by atoms with Crippen LogP contribution in [-0.2, 0) is 6.54 Å². The van der Waals surface area contributed by atoms with Crippen molar-refractivity contribution in [3.63, 3.8) is 0 Å². The minimum atomic E-state index is -4.75. The number of aromatic amines is 1. The van der Waals surface area contributed by atoms with Crippen LogP contribution in [0.5, 0.6) is 5.75 Å². The lowest BCUT2D eigenvalue weighted by Gasteiger charge is -2.09. The number of hydrogen-bond donors (Lipinski definition) is 2. The Balaban J connectivity index is 1.66. The van der Waals surface area contributed by atoms with E-state index in [1.54, 1.807) is 24.3 Å². The van der Waals surface area contributed by atoms with Crippen molar-refractivity contribution in [2.75, 3.05) is 0 Å². The summed E-state index contributed by atoms with van der Waals surface area (Å²) in [5.41, 5.74) is 1.62. The van der Waals surface area contributed by atoms with Crippen molar-refractivity contribution in [2.45, 2.75) is 12.9 Å². The maximum absolute atomic E-state index is 12.4. The molecule has 0 saturated heterocycles. The van der Waals surface area contributed by atoms with Crippen molar-refractivity contribution >= 4 is 17.5 Å². The molecule has 1 amide bonds. The van der Waals surface area contributed by atoms with Crippen LogP contribution >= 0.6 is 11.6 Å². The zero-order valence-corrected chi connectivity index (χ0v) is 14.3. The number of rotatable bonds is 5. The second-order valence-corrected chi connectivity index (χ2v) is 5.84. The fourth-order valence-corrected chi connectivity index (χ4v) is 2.49. The molecule has 0 fully saturated rings. The average molecular weight is 397 g/mol. The zero-order chi connectivity index (χ0) is 19.4. The van der Waals surface area contributed by atoms with Crippen molar-refractivity contribution in [1.82, 2.24) is 20.7 Å². The van der Waals surface area contributed by atoms with Crippen molar-refractivity contribution in [2.24, 2.45) is 0 Å². The minimum absolute atomic E-state index is 0.0780. The van der Waals surface area contributed by atoms with E-state index in [-0.39, 0.29) is 18.0 Å². The molecule has 27 heavy (non-hydrogen) atoms. The van der Waals surface area contributed by atoms with E-state index >= 15 is 0 Å². The van der Waals surface area contributed by atoms with Crippen LogP contribution < -0.4 is 10.1 Å². The quantitative estimate of drug-likeness (QED) is 0.684. The highest BCUT2D eigenvalue weighted by Gasteiger charge is 2.30. The Morgan fingerprint density at radius 3 is 2.56 bits per heavy atom. The first kappa shape index (κ1) is 18.7. The molecule has 10 heteroatoms. The summed E-state index contributed by atoms with van der Waals surface area (Å²) in [6, 6.07) is 12.0. The Bertz CT molecular complexity index is 942. The lowest BCUT2D eigenvalue weighted by Crippen LogP contribution is -2.24. The number of carbonyl (C=O) groups excluding carboxylic acids is 1. The van der Waals surface area contributed by atoms with Gasteiger partial charge in [0.15, 0.2) is 5.69 Å². The molecule has 0 bridgehead atoms. The summed E-state index contributed by atoms with van der Waals surface area (Å²) in [7, 11) is 0. The van der Waals surface area contributed by atoms with E-state index in [1.807, 2.05) is 0 Å². The summed E-state index contributed by atoms with van der Waals surface area (Å²) in [4.78, 5) is 12.4. The first-order chi connectivity index (χ1) is 12.8. The number of ether oxygens (including phenoxy) is 1. The van der Waals surface area contributed by atoms with Gasteiger partial charge in [0.2, 0.25) is 0 Å². The molecule has 0 aliphatic rings. The molecule has 0 spiro atoms. The molecule has 1 aromatic heterocycles. The molecule has 1 heterocycles. The van der Waals surface area contributed by atoms with Gasteiger partial charge >= 0.3 is 6.36 Å². The average Bonchev–Trinajstić information content (AvgIpc) is 3.09. The predicted molar refractivity (Wildman–Crippen MR) is 91.1 cm³/mol. The van der Waals surface area contributed by atoms with Gasteiger partial charge in [-0.05, 0) is 29.8 Å². The number of hydrogen-bond acceptors (Lipinski definition) is 4. The van der Waals surface area contributed by atoms with E-state index in [0.717, 1.165) is 0 Å². The van der Waals surface area contributed by atoms with Crippen LogP contribution in [-0.4, -0.2) is 27.7 Å². The number of benzene rings is 2. The van der Waals surface area contributed by atoms with E-state index < -0.39 is 12.3 Å². The highest BCUT2D eigenvalue weighted by atomic mass is 35.5. The van der Waals surface area contributed by atoms with Gasteiger partial charge < -0.3 is 10.1 Å². The topological polar surface area (TPSA) is 79.9 Å². The SMILES string of the molecule is O=C(NCc1ccc(OC(F)(F)F)cc1)c1n[nH]nc1-c1cccc(Cl)c1. The number of H-pyrrole nitrogens is 1. The summed E-state index contributed by atoms with van der Waals surface area (Å²) in [6.07, 6.45) is -4.75. The van der Waals surface area contributed by atoms with E-state index in [9.17, 15) is 18.0 Å². The minimum Gasteiger partial charge on any atom is -0.406 e. The van der Waals surface area contributed by atoms with Crippen LogP contribution in [0.2, 0.25) is 5.02 Å². The molecule has 2 aromatic carbocycles. The summed E-state index contributed by atoms with van der Waals surface area (Å²) in [6.45, 7) is 0.0903. The second kappa shape index (κ2) is 7.67. The van der Waals surface area contributed by atoms with Gasteiger partial charge in [0.25, 0.3) is 5.91 Å². The predicted octanol–water partition coefficient (Wildman–Crippen LogP) is 3.95. The lowest BCUT2D eigenvalue weighted by molar-refractivity contribution is -0.274. The first-order valence-electron chi connectivity index (χ1n) is 7.61. The molecule has 2 N–H and O–H groups in total. The third kappa shape index (κ3) is 4.98. The molecule has 0 unspecified atom stereocenters. The Kier molecular flexibility index (Phi) is 5.31. The van der Waals surface area contributed by atoms with Crippen molar-refractivity contribution in [1.29, 1.82) is 0 Å². The summed E-state index contributed by atoms with van der Waals surface area (Å²) >= 11 is 5.95. The standard InChI is InChI=1S/C17H12ClF3N4O2/c18-12-3-1-2-11(8-12)14-15(24-25-23-14)16(26)22-9-10-4-6-13(7-5-10)27-17(19,20)21/h1-8H,9H2,(H,22,26)(H,23,24,25). The molecule has 0 atom stereocenters. The number of nitrogens with zero attached hydrogens (tertiary/aromatic N) is 2. The van der Waals surface area contributed by atoms with Crippen LogP contribution in [0.15, 0.2) is 48.5 Å². The molecule has 140 valence electrons. The van der Waals surface area contributed by atoms with Crippen LogP contribution in [0.25, 0.3) is 11.3 Å². The number of aromatic nitrogens is 3. The second-order valence-electron chi connectivity index (χ2n) is 5.41. The summed E-state index contributed by atoms with van der Waals surface area (Å²) < 4.78 is 40.3. The van der Waals surface area contributed by atoms with Crippen LogP contribution in [0.1, 0.15) is 16.1 Å². The Labute approximate surface area is 156 Å². The number of halogens is 4. The summed E-state index contributed by atoms with van der Waals surface area (Å²) in [5, 5.41) is 13.3. The van der Waals surface area contributed by atoms with Gasteiger partial charge in [-0.2, -0.15) is 15.4 Å². The van der Waals surface area contributed by atoms with E-state index in [2.05, 4.69) is 25.5 Å². The fraction of sp³-hybridized carbons (Fsp3) is 0.118. The molecule has 0 aliphatic carbocycles. The van der Waals surface area contributed by atoms with Gasteiger partial charge in [0.05, 0.1) is 0 Å². The molecule has 3 aromatic rings. The number of alkyl halides is 3. The van der Waals surface area contributed by atoms with E-state index in [0.29, 0.717) is 21.8 Å². The number of nitrogens with one attached hydrogen (secondary N) is 2. The highest BCUT2D eigenvalue weighted by molar-refractivity contribution is 6.30. The monoisotopic (exact) mass is 396 g/mol. The van der Waals surface area contributed by atoms with E-state index in [4.69, 9.17) is 11.6 Å². The number of carbonyl (C=O) groups is 1. The molecule has 3 rings (SSSR count). The van der Waals surface area contributed by atoms with Crippen LogP contribution in [0, 0.1) is 0 Å². The fourth-order valence-electron chi connectivity index (χ4n) is 2.30. The lowest BCUT2D eigenvalue weighted by atomic mass is 10.1. The van der Waals surface area contributed by atoms with Gasteiger partial charge in [0, 0.05) is 17.1 Å². The highest BCUT2D eigenvalue weighted by Crippen LogP contribution is 2.24. The van der Waals surface area contributed by atoms with Crippen molar-refractivity contribution < 1.29 is 22.7 Å². The molecule has 0 saturated carbocycles. The van der Waals surface area contributed by atoms with Gasteiger partial charge in [0.1, 0.15) is 11.4 Å². The maximum atomic E-state index is 12.4. The summed E-state index contributed by atoms with van der Waals surface area (Å²) in [5.74, 6) is -0.827. The van der Waals surface area contributed by atoms with Gasteiger partial charge in [-0.25, -0.2) is 0 Å². The number of amides is 1. The smallest absolute Gasteiger partial charge is 0.406 e. The normalized spacial score (nSPS) is 11.3. The largest absolute Gasteiger partial charge is 0.573 e. The molecular weight excluding hydrogens is 385 g/mol. The first-order valence-corrected chi connectivity index (χ1v) is 7.99. The molecular formula is C17H12ClF3N4O2. The van der Waals surface area contributed by atoms with E-state index in [1.165, 1.54) is 24.3 Å². The Morgan fingerprint density at radius 1 is 1.15 bits per heavy atom. The Morgan fingerprint density at radius 2 is 1.89 bits per heavy atom. The molecule has 0 radical (unpaired) electrons. The van der Waals surface area contributed by atoms with Crippen LogP contribution in [0.3, 0.4) is 0 Å². The zero-order valence-electron chi connectivity index (χ0n) is 13.5. The van der Waals surface area contributed by atoms with Gasteiger partial charge in [-0.1, -0.05) is 35.9 Å². The Hall–Kier alpha value is -3.07. The molecule has 6 nitrogen and oxygen atoms in total. The third-order valence-electron chi connectivity index (χ3n) is 3.47. The van der Waals surface area contributed by atoms with Crippen molar-refractivity contribution in [3.8, 4) is 17.0 Å². The van der Waals surface area contributed by atoms with Gasteiger partial charge in [-0.3, -0.25) is 4.79 Å². The molecule has 0 aliphatic heterocycles. The van der Waals surface area contributed by atoms with Gasteiger partial charge in [-0.15, -0.1) is 13.2 Å². The maximum Gasteiger partial charge on any atom is 0.573 e. The van der Waals surface area contributed by atoms with Crippen molar-refractivity contribution in [3.05, 3.63) is 64.8 Å². The van der Waals surface area contributed by atoms with Crippen LogP contribution in [0.4, 0.5) is 13.2 Å².